The van der Waals surface area contributed by atoms with E-state index in [0.29, 0.717) is 11.0 Å². The largest absolute Gasteiger partial charge is 0.453 e. The summed E-state index contributed by atoms with van der Waals surface area (Å²) in [5.41, 5.74) is 5.37. The van der Waals surface area contributed by atoms with E-state index in [0.717, 1.165) is 29.4 Å². The van der Waals surface area contributed by atoms with Crippen LogP contribution in [0.15, 0.2) is 59.0 Å². The van der Waals surface area contributed by atoms with Gasteiger partial charge in [-0.25, -0.2) is 0 Å². The van der Waals surface area contributed by atoms with E-state index in [1.54, 1.807) is 0 Å². The molecule has 33 heavy (non-hydrogen) atoms. The summed E-state index contributed by atoms with van der Waals surface area (Å²) >= 11 is 0. The van der Waals surface area contributed by atoms with Crippen LogP contribution in [-0.4, -0.2) is 4.98 Å². The van der Waals surface area contributed by atoms with Gasteiger partial charge in [0.25, 0.3) is 0 Å². The molecular formula is C31H31NO. The van der Waals surface area contributed by atoms with Crippen LogP contribution in [-0.2, 0) is 10.8 Å². The lowest BCUT2D eigenvalue weighted by molar-refractivity contribution is 0.329. The Morgan fingerprint density at radius 2 is 1.48 bits per heavy atom. The van der Waals surface area contributed by atoms with Gasteiger partial charge < -0.3 is 4.42 Å². The maximum absolute atomic E-state index is 8.91. The van der Waals surface area contributed by atoms with Crippen molar-refractivity contribution in [2.24, 2.45) is 0 Å². The fraction of sp³-hybridized carbons (Fsp3) is 0.323. The molecule has 0 bridgehead atoms. The molecule has 0 saturated carbocycles. The van der Waals surface area contributed by atoms with Gasteiger partial charge in [-0.3, -0.25) is 4.98 Å². The van der Waals surface area contributed by atoms with E-state index < -0.39 is 18.1 Å². The molecule has 0 fully saturated rings. The number of furan rings is 1. The SMILES string of the molecule is [2H]c1cc(-c2nc([2H])c([2H])c3c2oc2c(C)c4c(c(C)c23)C(C)(C)CCC4(C)C)c2c([2H])c([2H])c([2H])c([2H])c2c1[2H]. The molecular weight excluding hydrogens is 402 g/mol. The second-order valence-electron chi connectivity index (χ2n) is 10.6. The molecule has 0 saturated heterocycles. The predicted molar refractivity (Wildman–Crippen MR) is 139 cm³/mol. The van der Waals surface area contributed by atoms with Crippen molar-refractivity contribution in [3.8, 4) is 11.3 Å². The van der Waals surface area contributed by atoms with E-state index in [4.69, 9.17) is 15.4 Å². The topological polar surface area (TPSA) is 26.0 Å². The van der Waals surface area contributed by atoms with E-state index in [-0.39, 0.29) is 68.8 Å². The molecule has 0 N–H and O–H groups in total. The Morgan fingerprint density at radius 3 is 2.24 bits per heavy atom. The number of aromatic nitrogens is 1. The first-order valence-corrected chi connectivity index (χ1v) is 11.4. The zero-order valence-corrected chi connectivity index (χ0v) is 19.8. The van der Waals surface area contributed by atoms with Crippen molar-refractivity contribution in [2.45, 2.75) is 65.2 Å². The molecule has 3 aromatic carbocycles. The van der Waals surface area contributed by atoms with E-state index >= 15 is 0 Å². The van der Waals surface area contributed by atoms with Crippen molar-refractivity contribution >= 4 is 32.7 Å². The van der Waals surface area contributed by atoms with E-state index in [1.165, 1.54) is 17.2 Å². The molecule has 0 unspecified atom stereocenters. The van der Waals surface area contributed by atoms with Crippen LogP contribution >= 0.6 is 0 Å². The molecule has 2 aromatic heterocycles. The molecule has 5 aromatic rings. The third-order valence-electron chi connectivity index (χ3n) is 7.54. The highest BCUT2D eigenvalue weighted by Crippen LogP contribution is 2.52. The molecule has 2 heterocycles. The lowest BCUT2D eigenvalue weighted by Gasteiger charge is -2.44. The average molecular weight is 442 g/mol. The summed E-state index contributed by atoms with van der Waals surface area (Å²) in [6, 6.07) is -1.02. The molecule has 0 radical (unpaired) electrons. The smallest absolute Gasteiger partial charge is 0.161 e. The monoisotopic (exact) mass is 441 g/mol. The summed E-state index contributed by atoms with van der Waals surface area (Å²) < 4.78 is 74.7. The fourth-order valence-corrected chi connectivity index (χ4v) is 5.94. The number of hydrogen-bond acceptors (Lipinski definition) is 2. The van der Waals surface area contributed by atoms with Gasteiger partial charge in [-0.2, -0.15) is 0 Å². The van der Waals surface area contributed by atoms with Crippen LogP contribution in [0.25, 0.3) is 44.0 Å². The molecule has 166 valence electrons. The standard InChI is InChI=1S/C31H31NO/c1-18-24-23-14-17-32-27(22-13-9-11-20-10-7-8-12-21(20)22)29(23)33-28(24)19(2)26-25(18)30(3,4)15-16-31(26,5)6/h7-14,17H,15-16H2,1-6H3/i7D,8D,9D,10D,11D,12D,14D,17D. The quantitative estimate of drug-likeness (QED) is 0.260. The molecule has 6 rings (SSSR count). The Morgan fingerprint density at radius 1 is 0.818 bits per heavy atom. The number of pyridine rings is 1. The van der Waals surface area contributed by atoms with Gasteiger partial charge in [0.05, 0.1) is 11.0 Å². The Hall–Kier alpha value is -3.13. The second-order valence-corrected chi connectivity index (χ2v) is 10.6. The Balaban J connectivity index is 1.86. The summed E-state index contributed by atoms with van der Waals surface area (Å²) in [6.45, 7) is 13.0. The van der Waals surface area contributed by atoms with Crippen molar-refractivity contribution < 1.29 is 15.4 Å². The minimum atomic E-state index is -0.487. The second kappa shape index (κ2) is 6.70. The third kappa shape index (κ3) is 2.76. The van der Waals surface area contributed by atoms with Crippen LogP contribution in [0, 0.1) is 13.8 Å². The van der Waals surface area contributed by atoms with Gasteiger partial charge in [0.1, 0.15) is 11.3 Å². The van der Waals surface area contributed by atoms with E-state index in [1.807, 2.05) is 13.8 Å². The predicted octanol–water partition coefficient (Wildman–Crippen LogP) is 8.77. The molecule has 0 amide bonds. The summed E-state index contributed by atoms with van der Waals surface area (Å²) in [5.74, 6) is 0. The van der Waals surface area contributed by atoms with Gasteiger partial charge in [-0.15, -0.1) is 0 Å². The summed E-state index contributed by atoms with van der Waals surface area (Å²) in [4.78, 5) is 4.41. The van der Waals surface area contributed by atoms with E-state index in [2.05, 4.69) is 32.7 Å². The van der Waals surface area contributed by atoms with Crippen LogP contribution in [0.2, 0.25) is 0 Å². The highest BCUT2D eigenvalue weighted by atomic mass is 16.3. The van der Waals surface area contributed by atoms with Gasteiger partial charge in [-0.05, 0) is 76.6 Å². The lowest BCUT2D eigenvalue weighted by Crippen LogP contribution is -2.35. The fourth-order valence-electron chi connectivity index (χ4n) is 5.94. The maximum atomic E-state index is 8.91. The van der Waals surface area contributed by atoms with Gasteiger partial charge in [-0.1, -0.05) is 70.0 Å². The van der Waals surface area contributed by atoms with Gasteiger partial charge in [0.2, 0.25) is 0 Å². The lowest BCUT2D eigenvalue weighted by atomic mass is 9.60. The average Bonchev–Trinajstić information content (AvgIpc) is 3.31. The minimum Gasteiger partial charge on any atom is -0.453 e. The Labute approximate surface area is 206 Å². The van der Waals surface area contributed by atoms with Crippen LogP contribution < -0.4 is 0 Å². The first kappa shape index (κ1) is 13.5. The maximum Gasteiger partial charge on any atom is 0.161 e. The zero-order chi connectivity index (χ0) is 30.1. The molecule has 2 nitrogen and oxygen atoms in total. The van der Waals surface area contributed by atoms with Crippen molar-refractivity contribution in [2.75, 3.05) is 0 Å². The first-order chi connectivity index (χ1) is 19.0. The normalized spacial score (nSPS) is 20.4. The summed E-state index contributed by atoms with van der Waals surface area (Å²) in [5, 5.41) is 1.13. The molecule has 1 aliphatic carbocycles. The van der Waals surface area contributed by atoms with Crippen LogP contribution in [0.3, 0.4) is 0 Å². The molecule has 0 atom stereocenters. The summed E-state index contributed by atoms with van der Waals surface area (Å²) in [6.07, 6.45) is 1.71. The highest BCUT2D eigenvalue weighted by molar-refractivity contribution is 6.13. The number of hydrogen-bond donors (Lipinski definition) is 0. The van der Waals surface area contributed by atoms with E-state index in [9.17, 15) is 0 Å². The van der Waals surface area contributed by atoms with Gasteiger partial charge >= 0.3 is 0 Å². The van der Waals surface area contributed by atoms with Gasteiger partial charge in [0.15, 0.2) is 5.58 Å². The van der Waals surface area contributed by atoms with Crippen LogP contribution in [0.4, 0.5) is 0 Å². The number of benzene rings is 3. The summed E-state index contributed by atoms with van der Waals surface area (Å²) in [7, 11) is 0. The Bertz CT molecular complexity index is 2000. The highest BCUT2D eigenvalue weighted by Gasteiger charge is 2.41. The van der Waals surface area contributed by atoms with Crippen molar-refractivity contribution in [1.82, 2.24) is 4.98 Å². The molecule has 2 heteroatoms. The number of nitrogens with zero attached hydrogens (tertiary/aromatic N) is 1. The number of aryl methyl sites for hydroxylation is 2. The number of fused-ring (bicyclic) bond motifs is 5. The molecule has 1 aliphatic rings. The van der Waals surface area contributed by atoms with Crippen molar-refractivity contribution in [3.05, 3.63) is 76.8 Å². The Kier molecular flexibility index (Phi) is 2.75. The minimum absolute atomic E-state index is 0.0402. The van der Waals surface area contributed by atoms with Crippen molar-refractivity contribution in [3.63, 3.8) is 0 Å². The third-order valence-corrected chi connectivity index (χ3v) is 7.54. The van der Waals surface area contributed by atoms with Crippen LogP contribution in [0.1, 0.15) is 73.8 Å². The zero-order valence-electron chi connectivity index (χ0n) is 27.8. The van der Waals surface area contributed by atoms with Crippen LogP contribution in [0.5, 0.6) is 0 Å². The first-order valence-electron chi connectivity index (χ1n) is 15.4. The molecule has 0 aliphatic heterocycles. The van der Waals surface area contributed by atoms with Crippen molar-refractivity contribution in [1.29, 1.82) is 0 Å². The van der Waals surface area contributed by atoms with Gasteiger partial charge in [0, 0.05) is 22.5 Å². The molecule has 0 spiro atoms. The number of rotatable bonds is 1.